The lowest BCUT2D eigenvalue weighted by Crippen LogP contribution is -2.52. The number of carbonyl (C=O) groups is 2. The van der Waals surface area contributed by atoms with Gasteiger partial charge in [0.15, 0.2) is 0 Å². The molecule has 2 fully saturated rings. The van der Waals surface area contributed by atoms with Crippen molar-refractivity contribution in [3.63, 3.8) is 0 Å². The van der Waals surface area contributed by atoms with E-state index in [9.17, 15) is 9.59 Å². The summed E-state index contributed by atoms with van der Waals surface area (Å²) < 4.78 is 0. The average molecular weight is 282 g/mol. The van der Waals surface area contributed by atoms with Crippen LogP contribution in [-0.2, 0) is 4.79 Å². The minimum absolute atomic E-state index is 0.204. The van der Waals surface area contributed by atoms with Gasteiger partial charge < -0.3 is 10.6 Å². The van der Waals surface area contributed by atoms with Crippen LogP contribution in [0.2, 0.25) is 0 Å². The maximum Gasteiger partial charge on any atom is 0.321 e. The zero-order valence-electron chi connectivity index (χ0n) is 12.4. The van der Waals surface area contributed by atoms with E-state index in [1.54, 1.807) is 0 Å². The second-order valence-corrected chi connectivity index (χ2v) is 5.78. The molecule has 114 valence electrons. The number of urea groups is 1. The smallest absolute Gasteiger partial charge is 0.321 e. The van der Waals surface area contributed by atoms with Gasteiger partial charge in [0.1, 0.15) is 0 Å². The van der Waals surface area contributed by atoms with Gasteiger partial charge in [-0.05, 0) is 58.2 Å². The summed E-state index contributed by atoms with van der Waals surface area (Å²) in [7, 11) is 1.51. The number of nitrogens with one attached hydrogen (secondary N) is 3. The maximum absolute atomic E-state index is 12.1. The molecule has 6 heteroatoms. The summed E-state index contributed by atoms with van der Waals surface area (Å²) in [6.07, 6.45) is 4.68. The summed E-state index contributed by atoms with van der Waals surface area (Å²) in [6, 6.07) is -0.184. The third-order valence-corrected chi connectivity index (χ3v) is 4.61. The topological polar surface area (TPSA) is 73.5 Å². The number of hydrogen-bond acceptors (Lipinski definition) is 4. The molecular weight excluding hydrogens is 256 g/mol. The molecule has 0 saturated carbocycles. The quantitative estimate of drug-likeness (QED) is 0.696. The highest BCUT2D eigenvalue weighted by Crippen LogP contribution is 2.30. The molecule has 0 spiro atoms. The van der Waals surface area contributed by atoms with Crippen LogP contribution in [0.25, 0.3) is 0 Å². The molecule has 2 atom stereocenters. The summed E-state index contributed by atoms with van der Waals surface area (Å²) in [5, 5.41) is 8.19. The molecule has 3 N–H and O–H groups in total. The Hall–Kier alpha value is -1.14. The highest BCUT2D eigenvalue weighted by molar-refractivity contribution is 5.96. The van der Waals surface area contributed by atoms with Crippen molar-refractivity contribution in [2.24, 2.45) is 5.92 Å². The fraction of sp³-hybridized carbons (Fsp3) is 0.857. The van der Waals surface area contributed by atoms with E-state index in [2.05, 4.69) is 20.9 Å². The minimum atomic E-state index is -0.431. The van der Waals surface area contributed by atoms with E-state index in [4.69, 9.17) is 0 Å². The normalized spacial score (nSPS) is 26.2. The molecule has 2 heterocycles. The average Bonchev–Trinajstić information content (AvgIpc) is 2.96. The van der Waals surface area contributed by atoms with Gasteiger partial charge in [-0.3, -0.25) is 15.0 Å². The van der Waals surface area contributed by atoms with Crippen molar-refractivity contribution in [2.45, 2.75) is 44.7 Å². The van der Waals surface area contributed by atoms with Crippen molar-refractivity contribution < 1.29 is 9.59 Å². The molecule has 2 rings (SSSR count). The van der Waals surface area contributed by atoms with Crippen molar-refractivity contribution in [2.75, 3.05) is 26.7 Å². The second-order valence-electron chi connectivity index (χ2n) is 5.78. The molecule has 0 aromatic rings. The number of rotatable bonds is 3. The summed E-state index contributed by atoms with van der Waals surface area (Å²) in [6.45, 7) is 5.01. The highest BCUT2D eigenvalue weighted by Gasteiger charge is 2.37. The number of imide groups is 1. The lowest BCUT2D eigenvalue weighted by Gasteiger charge is -2.36. The molecular formula is C14H26N4O2. The molecule has 2 saturated heterocycles. The Balaban J connectivity index is 1.94. The van der Waals surface area contributed by atoms with E-state index >= 15 is 0 Å². The van der Waals surface area contributed by atoms with Crippen LogP contribution in [-0.4, -0.2) is 55.6 Å². The largest absolute Gasteiger partial charge is 0.341 e. The number of carbonyl (C=O) groups excluding carboxylic acids is 2. The van der Waals surface area contributed by atoms with Crippen LogP contribution in [0.4, 0.5) is 4.79 Å². The maximum atomic E-state index is 12.1. The van der Waals surface area contributed by atoms with Crippen LogP contribution < -0.4 is 16.0 Å². The molecule has 0 bridgehead atoms. The molecule has 2 aliphatic heterocycles. The fourth-order valence-corrected chi connectivity index (χ4v) is 3.46. The van der Waals surface area contributed by atoms with E-state index in [0.29, 0.717) is 12.0 Å². The van der Waals surface area contributed by atoms with Crippen molar-refractivity contribution in [3.05, 3.63) is 0 Å². The third kappa shape index (κ3) is 3.49. The monoisotopic (exact) mass is 282 g/mol. The van der Waals surface area contributed by atoms with E-state index in [-0.39, 0.29) is 11.9 Å². The molecule has 3 amide bonds. The predicted octanol–water partition coefficient (Wildman–Crippen LogP) is 0.295. The van der Waals surface area contributed by atoms with Crippen LogP contribution in [0.1, 0.15) is 32.6 Å². The number of hydrogen-bond donors (Lipinski definition) is 3. The van der Waals surface area contributed by atoms with Crippen molar-refractivity contribution in [1.29, 1.82) is 0 Å². The second kappa shape index (κ2) is 7.04. The summed E-state index contributed by atoms with van der Waals surface area (Å²) >= 11 is 0. The van der Waals surface area contributed by atoms with E-state index < -0.39 is 6.03 Å². The van der Waals surface area contributed by atoms with Crippen LogP contribution >= 0.6 is 0 Å². The van der Waals surface area contributed by atoms with Crippen LogP contribution in [0.5, 0.6) is 0 Å². The van der Waals surface area contributed by atoms with Crippen molar-refractivity contribution >= 4 is 11.9 Å². The van der Waals surface area contributed by atoms with Crippen LogP contribution in [0.15, 0.2) is 0 Å². The van der Waals surface area contributed by atoms with Gasteiger partial charge in [-0.2, -0.15) is 0 Å². The Kier molecular flexibility index (Phi) is 5.37. The third-order valence-electron chi connectivity index (χ3n) is 4.61. The number of piperidine rings is 1. The first-order valence-electron chi connectivity index (χ1n) is 7.62. The van der Waals surface area contributed by atoms with Crippen molar-refractivity contribution in [1.82, 2.24) is 20.9 Å². The number of likely N-dealkylation sites (tertiary alicyclic amines) is 1. The Labute approximate surface area is 120 Å². The lowest BCUT2D eigenvalue weighted by atomic mass is 9.88. The van der Waals surface area contributed by atoms with Gasteiger partial charge in [0.25, 0.3) is 0 Å². The summed E-state index contributed by atoms with van der Waals surface area (Å²) in [4.78, 5) is 25.6. The molecule has 2 aliphatic rings. The number of nitrogens with zero attached hydrogens (tertiary/aromatic N) is 1. The van der Waals surface area contributed by atoms with Crippen LogP contribution in [0.3, 0.4) is 0 Å². The van der Waals surface area contributed by atoms with Gasteiger partial charge >= 0.3 is 6.03 Å². The molecule has 2 unspecified atom stereocenters. The number of amides is 3. The lowest BCUT2D eigenvalue weighted by molar-refractivity contribution is -0.125. The van der Waals surface area contributed by atoms with E-state index in [1.165, 1.54) is 26.3 Å². The van der Waals surface area contributed by atoms with Gasteiger partial charge in [-0.1, -0.05) is 0 Å². The fourth-order valence-electron chi connectivity index (χ4n) is 3.46. The van der Waals surface area contributed by atoms with Gasteiger partial charge in [-0.25, -0.2) is 4.79 Å². The predicted molar refractivity (Wildman–Crippen MR) is 77.4 cm³/mol. The molecule has 20 heavy (non-hydrogen) atoms. The van der Waals surface area contributed by atoms with E-state index in [0.717, 1.165) is 26.1 Å². The Morgan fingerprint density at radius 2 is 1.95 bits per heavy atom. The first-order valence-corrected chi connectivity index (χ1v) is 7.62. The Morgan fingerprint density at radius 3 is 2.60 bits per heavy atom. The Morgan fingerprint density at radius 1 is 1.25 bits per heavy atom. The molecule has 0 aromatic heterocycles. The standard InChI is InChI=1S/C14H26N4O2/c1-10(13(19)17-14(20)15-2)18-9-3-4-12(18)11-5-7-16-8-6-11/h10-12,16H,3-9H2,1-2H3,(H2,15,17,19,20). The summed E-state index contributed by atoms with van der Waals surface area (Å²) in [5.41, 5.74) is 0. The SMILES string of the molecule is CNC(=O)NC(=O)C(C)N1CCCC1C1CCNCC1. The minimum Gasteiger partial charge on any atom is -0.341 e. The Bertz CT molecular complexity index is 355. The molecule has 0 radical (unpaired) electrons. The van der Waals surface area contributed by atoms with Crippen LogP contribution in [0, 0.1) is 5.92 Å². The summed E-state index contributed by atoms with van der Waals surface area (Å²) in [5.74, 6) is 0.471. The van der Waals surface area contributed by atoms with Crippen molar-refractivity contribution in [3.8, 4) is 0 Å². The molecule has 6 nitrogen and oxygen atoms in total. The van der Waals surface area contributed by atoms with Gasteiger partial charge in [0.05, 0.1) is 6.04 Å². The zero-order valence-corrected chi connectivity index (χ0v) is 12.4. The molecule has 0 aliphatic carbocycles. The van der Waals surface area contributed by atoms with E-state index in [1.807, 2.05) is 6.92 Å². The first-order chi connectivity index (χ1) is 9.63. The van der Waals surface area contributed by atoms with Gasteiger partial charge in [-0.15, -0.1) is 0 Å². The molecule has 0 aromatic carbocycles. The van der Waals surface area contributed by atoms with Gasteiger partial charge in [0, 0.05) is 13.1 Å². The zero-order chi connectivity index (χ0) is 14.5. The highest BCUT2D eigenvalue weighted by atomic mass is 16.2. The van der Waals surface area contributed by atoms with Gasteiger partial charge in [0.2, 0.25) is 5.91 Å². The first kappa shape index (κ1) is 15.3.